The second kappa shape index (κ2) is 4.78. The molecule has 0 amide bonds. The van der Waals surface area contributed by atoms with E-state index in [9.17, 15) is 13.2 Å². The molecule has 0 saturated heterocycles. The van der Waals surface area contributed by atoms with E-state index in [4.69, 9.17) is 4.74 Å². The van der Waals surface area contributed by atoms with Crippen molar-refractivity contribution in [3.05, 3.63) is 36.0 Å². The van der Waals surface area contributed by atoms with Gasteiger partial charge in [-0.1, -0.05) is 0 Å². The summed E-state index contributed by atoms with van der Waals surface area (Å²) in [6, 6.07) is 2.01. The van der Waals surface area contributed by atoms with E-state index >= 15 is 0 Å². The van der Waals surface area contributed by atoms with Crippen molar-refractivity contribution in [2.24, 2.45) is 4.99 Å². The SMILES string of the molecule is C=N/C(=C\C)Oc1ccc(C(F)(F)F)nc1. The Kier molecular flexibility index (Phi) is 3.65. The Hall–Kier alpha value is -1.85. The first-order chi connectivity index (χ1) is 7.47. The maximum atomic E-state index is 12.2. The summed E-state index contributed by atoms with van der Waals surface area (Å²) in [5.74, 6) is 0.384. The van der Waals surface area contributed by atoms with Crippen molar-refractivity contribution >= 4 is 6.72 Å². The van der Waals surface area contributed by atoms with Gasteiger partial charge in [0, 0.05) is 0 Å². The molecule has 1 aromatic heterocycles. The van der Waals surface area contributed by atoms with Crippen LogP contribution in [-0.4, -0.2) is 11.7 Å². The maximum Gasteiger partial charge on any atom is 0.433 e. The Balaban J connectivity index is 2.84. The van der Waals surface area contributed by atoms with Crippen LogP contribution in [0, 0.1) is 0 Å². The number of alkyl halides is 3. The number of pyridine rings is 1. The number of aromatic nitrogens is 1. The third-order valence-electron chi connectivity index (χ3n) is 1.65. The average Bonchev–Trinajstić information content (AvgIpc) is 2.25. The standard InChI is InChI=1S/C10H9F3N2O/c1-3-9(14-2)16-7-4-5-8(15-6-7)10(11,12)13/h3-6H,2H2,1H3/b9-3+. The topological polar surface area (TPSA) is 34.5 Å². The fourth-order valence-electron chi connectivity index (χ4n) is 0.912. The molecule has 0 unspecified atom stereocenters. The Morgan fingerprint density at radius 2 is 2.19 bits per heavy atom. The van der Waals surface area contributed by atoms with Crippen molar-refractivity contribution in [2.45, 2.75) is 13.1 Å². The molecule has 86 valence electrons. The number of hydrogen-bond acceptors (Lipinski definition) is 3. The van der Waals surface area contributed by atoms with Gasteiger partial charge in [-0.15, -0.1) is 0 Å². The van der Waals surface area contributed by atoms with Crippen molar-refractivity contribution in [1.29, 1.82) is 0 Å². The Morgan fingerprint density at radius 3 is 2.56 bits per heavy atom. The second-order valence-corrected chi connectivity index (χ2v) is 2.76. The summed E-state index contributed by atoms with van der Waals surface area (Å²) in [6.07, 6.45) is -1.93. The Morgan fingerprint density at radius 1 is 1.50 bits per heavy atom. The molecule has 1 heterocycles. The number of ether oxygens (including phenoxy) is 1. The zero-order valence-corrected chi connectivity index (χ0v) is 8.45. The molecular weight excluding hydrogens is 221 g/mol. The minimum absolute atomic E-state index is 0.175. The van der Waals surface area contributed by atoms with Crippen molar-refractivity contribution in [2.75, 3.05) is 0 Å². The van der Waals surface area contributed by atoms with Crippen LogP contribution in [0.15, 0.2) is 35.3 Å². The van der Waals surface area contributed by atoms with Gasteiger partial charge in [-0.05, 0) is 31.9 Å². The van der Waals surface area contributed by atoms with E-state index in [0.29, 0.717) is 0 Å². The highest BCUT2D eigenvalue weighted by Crippen LogP contribution is 2.28. The monoisotopic (exact) mass is 230 g/mol. The summed E-state index contributed by atoms with van der Waals surface area (Å²) in [5.41, 5.74) is -0.964. The molecule has 0 aliphatic carbocycles. The molecule has 3 nitrogen and oxygen atoms in total. The molecule has 0 fully saturated rings. The predicted molar refractivity (Wildman–Crippen MR) is 53.2 cm³/mol. The average molecular weight is 230 g/mol. The van der Waals surface area contributed by atoms with Gasteiger partial charge >= 0.3 is 6.18 Å². The first-order valence-electron chi connectivity index (χ1n) is 4.31. The number of rotatable bonds is 3. The van der Waals surface area contributed by atoms with Gasteiger partial charge in [-0.25, -0.2) is 9.98 Å². The third kappa shape index (κ3) is 3.08. The van der Waals surface area contributed by atoms with E-state index in [-0.39, 0.29) is 11.6 Å². The first kappa shape index (κ1) is 12.2. The first-order valence-corrected chi connectivity index (χ1v) is 4.31. The number of hydrogen-bond donors (Lipinski definition) is 0. The highest BCUT2D eigenvalue weighted by atomic mass is 19.4. The molecule has 0 aromatic carbocycles. The van der Waals surface area contributed by atoms with Crippen LogP contribution < -0.4 is 4.74 Å². The van der Waals surface area contributed by atoms with Crippen LogP contribution in [0.2, 0.25) is 0 Å². The number of halogens is 3. The number of nitrogens with zero attached hydrogens (tertiary/aromatic N) is 2. The Bertz CT molecular complexity index is 396. The molecule has 6 heteroatoms. The molecule has 0 N–H and O–H groups in total. The van der Waals surface area contributed by atoms with Crippen molar-refractivity contribution in [1.82, 2.24) is 4.98 Å². The summed E-state index contributed by atoms with van der Waals surface area (Å²) in [7, 11) is 0. The van der Waals surface area contributed by atoms with Crippen LogP contribution in [0.5, 0.6) is 5.75 Å². The number of allylic oxidation sites excluding steroid dienone is 1. The second-order valence-electron chi connectivity index (χ2n) is 2.76. The fraction of sp³-hybridized carbons (Fsp3) is 0.200. The van der Waals surface area contributed by atoms with Crippen molar-refractivity contribution < 1.29 is 17.9 Å². The summed E-state index contributed by atoms with van der Waals surface area (Å²) in [5, 5.41) is 0. The van der Waals surface area contributed by atoms with E-state index in [2.05, 4.69) is 16.7 Å². The van der Waals surface area contributed by atoms with Gasteiger partial charge in [-0.2, -0.15) is 13.2 Å². The summed E-state index contributed by atoms with van der Waals surface area (Å²) in [6.45, 7) is 4.91. The molecule has 16 heavy (non-hydrogen) atoms. The summed E-state index contributed by atoms with van der Waals surface area (Å²) < 4.78 is 41.6. The lowest BCUT2D eigenvalue weighted by Crippen LogP contribution is -2.07. The summed E-state index contributed by atoms with van der Waals surface area (Å²) >= 11 is 0. The zero-order valence-electron chi connectivity index (χ0n) is 8.45. The molecule has 1 rings (SSSR count). The molecule has 0 atom stereocenters. The van der Waals surface area contributed by atoms with Crippen LogP contribution in [0.4, 0.5) is 13.2 Å². The van der Waals surface area contributed by atoms with Gasteiger partial charge in [-0.3, -0.25) is 0 Å². The molecule has 0 spiro atoms. The van der Waals surface area contributed by atoms with E-state index in [1.54, 1.807) is 6.92 Å². The minimum Gasteiger partial charge on any atom is -0.438 e. The van der Waals surface area contributed by atoms with E-state index in [1.165, 1.54) is 12.1 Å². The quantitative estimate of drug-likeness (QED) is 0.590. The lowest BCUT2D eigenvalue weighted by Gasteiger charge is -2.07. The lowest BCUT2D eigenvalue weighted by molar-refractivity contribution is -0.141. The molecule has 0 aliphatic heterocycles. The minimum atomic E-state index is -4.45. The van der Waals surface area contributed by atoms with Gasteiger partial charge in [0.15, 0.2) is 0 Å². The zero-order chi connectivity index (χ0) is 12.2. The van der Waals surface area contributed by atoms with E-state index < -0.39 is 11.9 Å². The van der Waals surface area contributed by atoms with Crippen molar-refractivity contribution in [3.8, 4) is 5.75 Å². The highest BCUT2D eigenvalue weighted by molar-refractivity contribution is 5.29. The Labute approximate surface area is 90.3 Å². The van der Waals surface area contributed by atoms with Gasteiger partial charge in [0.25, 0.3) is 0 Å². The molecule has 0 radical (unpaired) electrons. The van der Waals surface area contributed by atoms with Crippen LogP contribution in [0.25, 0.3) is 0 Å². The van der Waals surface area contributed by atoms with Gasteiger partial charge in [0.05, 0.1) is 6.20 Å². The van der Waals surface area contributed by atoms with E-state index in [1.807, 2.05) is 0 Å². The van der Waals surface area contributed by atoms with Crippen LogP contribution in [0.3, 0.4) is 0 Å². The predicted octanol–water partition coefficient (Wildman–Crippen LogP) is 3.04. The van der Waals surface area contributed by atoms with Gasteiger partial charge < -0.3 is 4.74 Å². The van der Waals surface area contributed by atoms with Crippen LogP contribution in [0.1, 0.15) is 12.6 Å². The molecule has 0 saturated carbocycles. The smallest absolute Gasteiger partial charge is 0.433 e. The molecular formula is C10H9F3N2O. The van der Waals surface area contributed by atoms with Gasteiger partial charge in [0.1, 0.15) is 11.4 Å². The summed E-state index contributed by atoms with van der Waals surface area (Å²) in [4.78, 5) is 6.74. The van der Waals surface area contributed by atoms with Crippen LogP contribution in [-0.2, 0) is 6.18 Å². The molecule has 0 bridgehead atoms. The normalized spacial score (nSPS) is 12.4. The van der Waals surface area contributed by atoms with Gasteiger partial charge in [0.2, 0.25) is 5.88 Å². The molecule has 0 aliphatic rings. The lowest BCUT2D eigenvalue weighted by atomic mass is 10.3. The molecule has 1 aromatic rings. The largest absolute Gasteiger partial charge is 0.438 e. The van der Waals surface area contributed by atoms with Crippen LogP contribution >= 0.6 is 0 Å². The highest BCUT2D eigenvalue weighted by Gasteiger charge is 2.32. The maximum absolute atomic E-state index is 12.2. The van der Waals surface area contributed by atoms with E-state index in [0.717, 1.165) is 12.3 Å². The third-order valence-corrected chi connectivity index (χ3v) is 1.65. The fourth-order valence-corrected chi connectivity index (χ4v) is 0.912. The van der Waals surface area contributed by atoms with Crippen molar-refractivity contribution in [3.63, 3.8) is 0 Å². The number of aliphatic imine (C=N–C) groups is 1.